The van der Waals surface area contributed by atoms with Gasteiger partial charge in [0.2, 0.25) is 0 Å². The summed E-state index contributed by atoms with van der Waals surface area (Å²) in [7, 11) is 3.43. The van der Waals surface area contributed by atoms with Crippen LogP contribution in [0.1, 0.15) is 12.5 Å². The van der Waals surface area contributed by atoms with Crippen molar-refractivity contribution < 1.29 is 14.3 Å². The van der Waals surface area contributed by atoms with E-state index in [0.29, 0.717) is 12.3 Å². The molecule has 1 amide bonds. The average Bonchev–Trinajstić information content (AvgIpc) is 2.71. The highest BCUT2D eigenvalue weighted by molar-refractivity contribution is 5.79. The van der Waals surface area contributed by atoms with Crippen molar-refractivity contribution in [1.29, 1.82) is 0 Å². The minimum atomic E-state index is -0.0673. The molecule has 2 rings (SSSR count). The Morgan fingerprint density at radius 1 is 1.29 bits per heavy atom. The molecule has 1 fully saturated rings. The van der Waals surface area contributed by atoms with Gasteiger partial charge in [-0.1, -0.05) is 12.1 Å². The first-order chi connectivity index (χ1) is 13.6. The van der Waals surface area contributed by atoms with Crippen LogP contribution in [0.15, 0.2) is 29.3 Å². The number of morpholine rings is 1. The Labute approximate surface area is 167 Å². The van der Waals surface area contributed by atoms with Gasteiger partial charge in [-0.05, 0) is 24.6 Å². The van der Waals surface area contributed by atoms with E-state index in [4.69, 9.17) is 9.47 Å². The van der Waals surface area contributed by atoms with Crippen LogP contribution in [-0.2, 0) is 16.1 Å². The topological polar surface area (TPSA) is 78.4 Å². The molecular formula is C20H33N5O3. The molecule has 1 heterocycles. The molecule has 1 aliphatic rings. The highest BCUT2D eigenvalue weighted by Gasteiger charge is 2.10. The standard InChI is InChI=1S/C20H33N5O3/c1-4-21-20(22-8-9-25-10-12-27-13-11-25)23-15-17-6-5-7-18(14-17)28-16-19(26)24(2)3/h5-7,14H,4,8-13,15-16H2,1-3H3,(H2,21,22,23). The molecule has 28 heavy (non-hydrogen) atoms. The Bertz CT molecular complexity index is 630. The smallest absolute Gasteiger partial charge is 0.259 e. The third-order valence-corrected chi connectivity index (χ3v) is 4.35. The predicted octanol–water partition coefficient (Wildman–Crippen LogP) is 0.541. The summed E-state index contributed by atoms with van der Waals surface area (Å²) in [6, 6.07) is 7.69. The SMILES string of the molecule is CCNC(=NCc1cccc(OCC(=O)N(C)C)c1)NCCN1CCOCC1. The van der Waals surface area contributed by atoms with E-state index in [2.05, 4.69) is 27.4 Å². The van der Waals surface area contributed by atoms with E-state index in [0.717, 1.165) is 57.5 Å². The number of carbonyl (C=O) groups excluding carboxylic acids is 1. The fourth-order valence-electron chi connectivity index (χ4n) is 2.68. The molecule has 0 saturated carbocycles. The molecule has 0 bridgehead atoms. The maximum Gasteiger partial charge on any atom is 0.259 e. The van der Waals surface area contributed by atoms with Gasteiger partial charge in [0.25, 0.3) is 5.91 Å². The molecule has 0 aromatic heterocycles. The average molecular weight is 392 g/mol. The molecule has 8 heteroatoms. The monoisotopic (exact) mass is 391 g/mol. The molecule has 2 N–H and O–H groups in total. The zero-order valence-corrected chi connectivity index (χ0v) is 17.2. The van der Waals surface area contributed by atoms with E-state index < -0.39 is 0 Å². The van der Waals surface area contributed by atoms with Gasteiger partial charge in [-0.15, -0.1) is 0 Å². The van der Waals surface area contributed by atoms with Crippen molar-refractivity contribution in [1.82, 2.24) is 20.4 Å². The number of nitrogens with one attached hydrogen (secondary N) is 2. The molecule has 8 nitrogen and oxygen atoms in total. The van der Waals surface area contributed by atoms with Gasteiger partial charge in [0.15, 0.2) is 12.6 Å². The molecule has 1 aromatic rings. The first kappa shape index (κ1) is 22.0. The lowest BCUT2D eigenvalue weighted by atomic mass is 10.2. The summed E-state index contributed by atoms with van der Waals surface area (Å²) in [6.45, 7) is 8.82. The number of amides is 1. The van der Waals surface area contributed by atoms with Crippen molar-refractivity contribution in [2.75, 3.05) is 66.6 Å². The third kappa shape index (κ3) is 8.14. The number of aliphatic imine (C=N–C) groups is 1. The number of nitrogens with zero attached hydrogens (tertiary/aromatic N) is 3. The van der Waals surface area contributed by atoms with Gasteiger partial charge in [-0.3, -0.25) is 9.69 Å². The van der Waals surface area contributed by atoms with Gasteiger partial charge in [0, 0.05) is 46.8 Å². The zero-order chi connectivity index (χ0) is 20.2. The molecule has 0 spiro atoms. The largest absolute Gasteiger partial charge is 0.484 e. The van der Waals surface area contributed by atoms with E-state index in [1.54, 1.807) is 14.1 Å². The lowest BCUT2D eigenvalue weighted by Crippen LogP contribution is -2.44. The molecular weight excluding hydrogens is 358 g/mol. The van der Waals surface area contributed by atoms with E-state index in [9.17, 15) is 4.79 Å². The third-order valence-electron chi connectivity index (χ3n) is 4.35. The molecule has 1 saturated heterocycles. The molecule has 0 unspecified atom stereocenters. The Hall–Kier alpha value is -2.32. The Morgan fingerprint density at radius 3 is 2.79 bits per heavy atom. The van der Waals surface area contributed by atoms with Crippen molar-refractivity contribution in [2.45, 2.75) is 13.5 Å². The van der Waals surface area contributed by atoms with Crippen LogP contribution in [0.4, 0.5) is 0 Å². The van der Waals surface area contributed by atoms with E-state index in [1.807, 2.05) is 24.3 Å². The number of likely N-dealkylation sites (N-methyl/N-ethyl adjacent to an activating group) is 1. The summed E-state index contributed by atoms with van der Waals surface area (Å²) < 4.78 is 10.9. The maximum atomic E-state index is 11.7. The van der Waals surface area contributed by atoms with Crippen LogP contribution >= 0.6 is 0 Å². The van der Waals surface area contributed by atoms with Crippen LogP contribution in [0.2, 0.25) is 0 Å². The number of hydrogen-bond acceptors (Lipinski definition) is 5. The van der Waals surface area contributed by atoms with E-state index in [1.165, 1.54) is 4.90 Å². The van der Waals surface area contributed by atoms with Crippen molar-refractivity contribution >= 4 is 11.9 Å². The number of hydrogen-bond donors (Lipinski definition) is 2. The lowest BCUT2D eigenvalue weighted by Gasteiger charge is -2.26. The highest BCUT2D eigenvalue weighted by Crippen LogP contribution is 2.14. The van der Waals surface area contributed by atoms with Crippen molar-refractivity contribution in [3.8, 4) is 5.75 Å². The fourth-order valence-corrected chi connectivity index (χ4v) is 2.68. The molecule has 1 aliphatic heterocycles. The second-order valence-corrected chi connectivity index (χ2v) is 6.80. The number of rotatable bonds is 9. The Morgan fingerprint density at radius 2 is 2.07 bits per heavy atom. The minimum Gasteiger partial charge on any atom is -0.484 e. The minimum absolute atomic E-state index is 0.0332. The highest BCUT2D eigenvalue weighted by atomic mass is 16.5. The van der Waals surface area contributed by atoms with Crippen LogP contribution in [0.5, 0.6) is 5.75 Å². The number of guanidine groups is 1. The second kappa shape index (κ2) is 12.2. The van der Waals surface area contributed by atoms with E-state index in [-0.39, 0.29) is 12.5 Å². The van der Waals surface area contributed by atoms with E-state index >= 15 is 0 Å². The second-order valence-electron chi connectivity index (χ2n) is 6.80. The number of ether oxygens (including phenoxy) is 2. The molecule has 0 atom stereocenters. The normalized spacial score (nSPS) is 15.2. The predicted molar refractivity (Wildman–Crippen MR) is 111 cm³/mol. The first-order valence-corrected chi connectivity index (χ1v) is 9.82. The number of carbonyl (C=O) groups is 1. The van der Waals surface area contributed by atoms with Crippen molar-refractivity contribution in [2.24, 2.45) is 4.99 Å². The van der Waals surface area contributed by atoms with Gasteiger partial charge < -0.3 is 25.0 Å². The quantitative estimate of drug-likeness (QED) is 0.473. The maximum absolute atomic E-state index is 11.7. The first-order valence-electron chi connectivity index (χ1n) is 9.82. The summed E-state index contributed by atoms with van der Waals surface area (Å²) in [4.78, 5) is 20.2. The van der Waals surface area contributed by atoms with Gasteiger partial charge in [0.05, 0.1) is 19.8 Å². The van der Waals surface area contributed by atoms with Crippen LogP contribution in [-0.4, -0.2) is 88.3 Å². The van der Waals surface area contributed by atoms with Crippen LogP contribution < -0.4 is 15.4 Å². The summed E-state index contributed by atoms with van der Waals surface area (Å²) >= 11 is 0. The van der Waals surface area contributed by atoms with Crippen molar-refractivity contribution in [3.63, 3.8) is 0 Å². The summed E-state index contributed by atoms with van der Waals surface area (Å²) in [5.74, 6) is 1.40. The van der Waals surface area contributed by atoms with Gasteiger partial charge in [0.1, 0.15) is 5.75 Å². The van der Waals surface area contributed by atoms with Crippen LogP contribution in [0.25, 0.3) is 0 Å². The summed E-state index contributed by atoms with van der Waals surface area (Å²) in [5, 5.41) is 6.65. The van der Waals surface area contributed by atoms with Crippen molar-refractivity contribution in [3.05, 3.63) is 29.8 Å². The van der Waals surface area contributed by atoms with Crippen LogP contribution in [0, 0.1) is 0 Å². The summed E-state index contributed by atoms with van der Waals surface area (Å²) in [5.41, 5.74) is 1.03. The Balaban J connectivity index is 1.83. The molecule has 156 valence electrons. The molecule has 0 aliphatic carbocycles. The fraction of sp³-hybridized carbons (Fsp3) is 0.600. The molecule has 0 radical (unpaired) electrons. The lowest BCUT2D eigenvalue weighted by molar-refractivity contribution is -0.130. The summed E-state index contributed by atoms with van der Waals surface area (Å²) in [6.07, 6.45) is 0. The van der Waals surface area contributed by atoms with Gasteiger partial charge >= 0.3 is 0 Å². The Kier molecular flexibility index (Phi) is 9.57. The molecule has 1 aromatic carbocycles. The van der Waals surface area contributed by atoms with Gasteiger partial charge in [-0.25, -0.2) is 4.99 Å². The number of benzene rings is 1. The van der Waals surface area contributed by atoms with Gasteiger partial charge in [-0.2, -0.15) is 0 Å². The van der Waals surface area contributed by atoms with Crippen LogP contribution in [0.3, 0.4) is 0 Å². The zero-order valence-electron chi connectivity index (χ0n) is 17.2.